The molecule has 0 amide bonds. The maximum Gasteiger partial charge on any atom is 0.314 e. The summed E-state index contributed by atoms with van der Waals surface area (Å²) in [5, 5.41) is 20.1. The maximum absolute atomic E-state index is 10.7. The highest BCUT2D eigenvalue weighted by atomic mass is 16.6. The number of nitrogens with zero attached hydrogens (tertiary/aromatic N) is 2. The molecule has 6 nitrogen and oxygen atoms in total. The molecule has 1 aromatic carbocycles. The minimum Gasteiger partial charge on any atom is -0.502 e. The number of aromatic hydroxyl groups is 1. The quantitative estimate of drug-likeness (QED) is 0.607. The number of aromatic nitrogens is 1. The highest BCUT2D eigenvalue weighted by Gasteiger charge is 2.23. The Bertz CT molecular complexity index is 595. The van der Waals surface area contributed by atoms with E-state index in [4.69, 9.17) is 4.42 Å². The molecule has 0 aliphatic rings. The second-order valence-electron chi connectivity index (χ2n) is 4.83. The van der Waals surface area contributed by atoms with E-state index in [2.05, 4.69) is 4.98 Å². The molecule has 0 aliphatic heterocycles. The number of fused-ring (bicyclic) bond motifs is 1. The Morgan fingerprint density at radius 1 is 1.41 bits per heavy atom. The van der Waals surface area contributed by atoms with Crippen LogP contribution in [0.15, 0.2) is 16.5 Å². The standard InChI is InChI=1S/C11H12N2O4/c1-11(2,3)10-12-6-4-8(14)7(13(15)16)5-9(6)17-10/h4-5,14H,1-3H3. The molecular weight excluding hydrogens is 224 g/mol. The average molecular weight is 236 g/mol. The summed E-state index contributed by atoms with van der Waals surface area (Å²) in [7, 11) is 0. The van der Waals surface area contributed by atoms with Gasteiger partial charge in [-0.2, -0.15) is 0 Å². The Morgan fingerprint density at radius 3 is 2.59 bits per heavy atom. The normalized spacial score (nSPS) is 11.9. The van der Waals surface area contributed by atoms with Gasteiger partial charge in [-0.3, -0.25) is 10.1 Å². The minimum atomic E-state index is -0.659. The molecule has 0 saturated heterocycles. The van der Waals surface area contributed by atoms with Crippen LogP contribution in [0.1, 0.15) is 26.7 Å². The topological polar surface area (TPSA) is 89.4 Å². The van der Waals surface area contributed by atoms with Crippen molar-refractivity contribution in [2.24, 2.45) is 0 Å². The molecule has 6 heteroatoms. The first kappa shape index (κ1) is 11.4. The molecule has 17 heavy (non-hydrogen) atoms. The van der Waals surface area contributed by atoms with Crippen LogP contribution in [0.2, 0.25) is 0 Å². The molecule has 0 atom stereocenters. The molecule has 0 unspecified atom stereocenters. The van der Waals surface area contributed by atoms with E-state index in [1.807, 2.05) is 20.8 Å². The largest absolute Gasteiger partial charge is 0.502 e. The van der Waals surface area contributed by atoms with Crippen LogP contribution in [-0.2, 0) is 5.41 Å². The van der Waals surface area contributed by atoms with E-state index in [9.17, 15) is 15.2 Å². The second kappa shape index (κ2) is 3.44. The number of nitro benzene ring substituents is 1. The van der Waals surface area contributed by atoms with Crippen molar-refractivity contribution >= 4 is 16.8 Å². The molecule has 0 bridgehead atoms. The smallest absolute Gasteiger partial charge is 0.314 e. The summed E-state index contributed by atoms with van der Waals surface area (Å²) in [6.07, 6.45) is 0. The van der Waals surface area contributed by atoms with Gasteiger partial charge in [-0.1, -0.05) is 20.8 Å². The number of nitro groups is 1. The van der Waals surface area contributed by atoms with Gasteiger partial charge < -0.3 is 9.52 Å². The summed E-state index contributed by atoms with van der Waals surface area (Å²) in [6, 6.07) is 2.43. The zero-order valence-corrected chi connectivity index (χ0v) is 9.72. The highest BCUT2D eigenvalue weighted by Crippen LogP contribution is 2.33. The van der Waals surface area contributed by atoms with Crippen LogP contribution >= 0.6 is 0 Å². The van der Waals surface area contributed by atoms with Gasteiger partial charge in [0.2, 0.25) is 5.89 Å². The van der Waals surface area contributed by atoms with Gasteiger partial charge in [-0.15, -0.1) is 0 Å². The van der Waals surface area contributed by atoms with Crippen LogP contribution in [0, 0.1) is 10.1 Å². The second-order valence-corrected chi connectivity index (χ2v) is 4.83. The first-order chi connectivity index (χ1) is 7.79. The molecule has 2 rings (SSSR count). The zero-order chi connectivity index (χ0) is 12.8. The molecule has 0 spiro atoms. The van der Waals surface area contributed by atoms with E-state index in [1.165, 1.54) is 12.1 Å². The summed E-state index contributed by atoms with van der Waals surface area (Å²) in [4.78, 5) is 14.2. The summed E-state index contributed by atoms with van der Waals surface area (Å²) in [6.45, 7) is 5.77. The van der Waals surface area contributed by atoms with E-state index in [0.717, 1.165) is 0 Å². The number of hydrogen-bond donors (Lipinski definition) is 1. The summed E-state index contributed by atoms with van der Waals surface area (Å²) in [5.74, 6) is 0.0728. The average Bonchev–Trinajstić information content (AvgIpc) is 2.58. The van der Waals surface area contributed by atoms with Crippen molar-refractivity contribution in [1.29, 1.82) is 0 Å². The maximum atomic E-state index is 10.7. The number of oxazole rings is 1. The fourth-order valence-corrected chi connectivity index (χ4v) is 1.42. The minimum absolute atomic E-state index is 0.288. The Balaban J connectivity index is 2.67. The third kappa shape index (κ3) is 1.93. The van der Waals surface area contributed by atoms with Gasteiger partial charge in [0.05, 0.1) is 11.0 Å². The number of rotatable bonds is 1. The van der Waals surface area contributed by atoms with E-state index in [1.54, 1.807) is 0 Å². The van der Waals surface area contributed by atoms with Crippen LogP contribution < -0.4 is 0 Å². The third-order valence-corrected chi connectivity index (χ3v) is 2.32. The monoisotopic (exact) mass is 236 g/mol. The molecule has 0 saturated carbocycles. The van der Waals surface area contributed by atoms with Gasteiger partial charge in [0.1, 0.15) is 5.52 Å². The van der Waals surface area contributed by atoms with Crippen molar-refractivity contribution in [1.82, 2.24) is 4.98 Å². The van der Waals surface area contributed by atoms with Crippen molar-refractivity contribution in [2.75, 3.05) is 0 Å². The van der Waals surface area contributed by atoms with Crippen molar-refractivity contribution in [3.63, 3.8) is 0 Å². The van der Waals surface area contributed by atoms with Gasteiger partial charge in [-0.25, -0.2) is 4.98 Å². The predicted octanol–water partition coefficient (Wildman–Crippen LogP) is 2.74. The Kier molecular flexibility index (Phi) is 2.30. The summed E-state index contributed by atoms with van der Waals surface area (Å²) < 4.78 is 5.45. The fraction of sp³-hybridized carbons (Fsp3) is 0.364. The molecule has 1 N–H and O–H groups in total. The number of hydrogen-bond acceptors (Lipinski definition) is 5. The lowest BCUT2D eigenvalue weighted by molar-refractivity contribution is -0.385. The van der Waals surface area contributed by atoms with Crippen molar-refractivity contribution in [2.45, 2.75) is 26.2 Å². The van der Waals surface area contributed by atoms with Crippen LogP contribution in [0.25, 0.3) is 11.1 Å². The van der Waals surface area contributed by atoms with E-state index < -0.39 is 10.7 Å². The third-order valence-electron chi connectivity index (χ3n) is 2.32. The Hall–Kier alpha value is -2.11. The molecular formula is C11H12N2O4. The number of phenolic OH excluding ortho intramolecular Hbond substituents is 1. The first-order valence-corrected chi connectivity index (χ1v) is 5.07. The summed E-state index contributed by atoms with van der Waals surface area (Å²) in [5.41, 5.74) is 0.0511. The molecule has 0 radical (unpaired) electrons. The van der Waals surface area contributed by atoms with Crippen LogP contribution in [-0.4, -0.2) is 15.0 Å². The van der Waals surface area contributed by atoms with Crippen LogP contribution in [0.5, 0.6) is 5.75 Å². The molecule has 1 aromatic heterocycles. The lowest BCUT2D eigenvalue weighted by atomic mass is 9.97. The van der Waals surface area contributed by atoms with Gasteiger partial charge in [0.25, 0.3) is 0 Å². The van der Waals surface area contributed by atoms with Gasteiger partial charge in [0, 0.05) is 11.5 Å². The van der Waals surface area contributed by atoms with Crippen LogP contribution in [0.4, 0.5) is 5.69 Å². The first-order valence-electron chi connectivity index (χ1n) is 5.07. The Morgan fingerprint density at radius 2 is 2.06 bits per heavy atom. The lowest BCUT2D eigenvalue weighted by Gasteiger charge is -2.11. The predicted molar refractivity (Wildman–Crippen MR) is 61.0 cm³/mol. The van der Waals surface area contributed by atoms with Gasteiger partial charge in [-0.05, 0) is 0 Å². The molecule has 90 valence electrons. The van der Waals surface area contributed by atoms with Crippen molar-refractivity contribution < 1.29 is 14.4 Å². The molecule has 2 aromatic rings. The zero-order valence-electron chi connectivity index (χ0n) is 9.72. The van der Waals surface area contributed by atoms with Gasteiger partial charge >= 0.3 is 5.69 Å². The van der Waals surface area contributed by atoms with Gasteiger partial charge in [0.15, 0.2) is 11.3 Å². The van der Waals surface area contributed by atoms with E-state index >= 15 is 0 Å². The van der Waals surface area contributed by atoms with E-state index in [-0.39, 0.29) is 11.1 Å². The highest BCUT2D eigenvalue weighted by molar-refractivity contribution is 5.79. The SMILES string of the molecule is CC(C)(C)c1nc2cc(O)c([N+](=O)[O-])cc2o1. The summed E-state index contributed by atoms with van der Waals surface area (Å²) >= 11 is 0. The lowest BCUT2D eigenvalue weighted by Crippen LogP contribution is -2.10. The van der Waals surface area contributed by atoms with E-state index in [0.29, 0.717) is 17.0 Å². The van der Waals surface area contributed by atoms with Crippen LogP contribution in [0.3, 0.4) is 0 Å². The Labute approximate surface area is 97.0 Å². The molecule has 0 fully saturated rings. The molecule has 0 aliphatic carbocycles. The van der Waals surface area contributed by atoms with Crippen molar-refractivity contribution in [3.8, 4) is 5.75 Å². The fourth-order valence-electron chi connectivity index (χ4n) is 1.42. The number of benzene rings is 1. The van der Waals surface area contributed by atoms with Crippen molar-refractivity contribution in [3.05, 3.63) is 28.1 Å². The molecule has 1 heterocycles. The number of phenols is 1.